The zero-order valence-corrected chi connectivity index (χ0v) is 31.0. The molecule has 0 saturated heterocycles. The molecule has 0 fully saturated rings. The maximum Gasteiger partial charge on any atom is 0.251 e. The molecule has 276 valence electrons. The Balaban J connectivity index is 2.28. The molecule has 0 aliphatic carbocycles. The van der Waals surface area contributed by atoms with Crippen LogP contribution in [0.2, 0.25) is 0 Å². The van der Waals surface area contributed by atoms with Crippen molar-refractivity contribution >= 4 is 29.3 Å². The fourth-order valence-corrected chi connectivity index (χ4v) is 6.25. The third-order valence-electron chi connectivity index (χ3n) is 9.10. The molecule has 0 heterocycles. The molecule has 3 atom stereocenters. The number of primary amides is 1. The van der Waals surface area contributed by atoms with Crippen LogP contribution in [0.3, 0.4) is 0 Å². The highest BCUT2D eigenvalue weighted by Gasteiger charge is 2.31. The smallest absolute Gasteiger partial charge is 0.251 e. The lowest BCUT2D eigenvalue weighted by molar-refractivity contribution is -0.134. The SMILES string of the molecule is CCCCCCCC(=O)[C@H](CC(N)=O)NC(=O)[C@H](CCCCN(CCC)CCC)CC(=O)[C@H](Cc1ccc(C)cc1)NC(=O)c1ccccc1. The summed E-state index contributed by atoms with van der Waals surface area (Å²) in [5.41, 5.74) is 7.92. The first-order chi connectivity index (χ1) is 24.1. The van der Waals surface area contributed by atoms with E-state index in [0.717, 1.165) is 75.7 Å². The van der Waals surface area contributed by atoms with Crippen molar-refractivity contribution in [1.29, 1.82) is 0 Å². The second-order valence-corrected chi connectivity index (χ2v) is 13.6. The van der Waals surface area contributed by atoms with Gasteiger partial charge in [0.1, 0.15) is 0 Å². The third kappa shape index (κ3) is 16.7. The highest BCUT2D eigenvalue weighted by Crippen LogP contribution is 2.19. The van der Waals surface area contributed by atoms with Crippen molar-refractivity contribution in [2.45, 2.75) is 130 Å². The van der Waals surface area contributed by atoms with Crippen molar-refractivity contribution in [3.63, 3.8) is 0 Å². The van der Waals surface area contributed by atoms with E-state index in [1.54, 1.807) is 24.3 Å². The molecule has 0 aliphatic heterocycles. The highest BCUT2D eigenvalue weighted by atomic mass is 16.2. The maximum atomic E-state index is 14.1. The Morgan fingerprint density at radius 3 is 1.96 bits per heavy atom. The number of nitrogens with two attached hydrogens (primary N) is 1. The molecule has 0 unspecified atom stereocenters. The summed E-state index contributed by atoms with van der Waals surface area (Å²) in [4.78, 5) is 68.8. The molecule has 0 aliphatic rings. The summed E-state index contributed by atoms with van der Waals surface area (Å²) in [5, 5.41) is 5.75. The Bertz CT molecular complexity index is 1310. The van der Waals surface area contributed by atoms with Gasteiger partial charge >= 0.3 is 0 Å². The first-order valence-corrected chi connectivity index (χ1v) is 18.9. The Morgan fingerprint density at radius 2 is 1.34 bits per heavy atom. The quantitative estimate of drug-likeness (QED) is 0.0916. The van der Waals surface area contributed by atoms with Gasteiger partial charge < -0.3 is 21.3 Å². The van der Waals surface area contributed by atoms with Gasteiger partial charge in [-0.15, -0.1) is 0 Å². The van der Waals surface area contributed by atoms with E-state index < -0.39 is 29.8 Å². The van der Waals surface area contributed by atoms with Gasteiger partial charge in [0.15, 0.2) is 11.6 Å². The summed E-state index contributed by atoms with van der Waals surface area (Å²) in [7, 11) is 0. The average Bonchev–Trinajstić information content (AvgIpc) is 3.09. The molecule has 0 bridgehead atoms. The number of hydrogen-bond acceptors (Lipinski definition) is 6. The van der Waals surface area contributed by atoms with E-state index in [1.165, 1.54) is 0 Å². The second kappa shape index (κ2) is 24.3. The Kier molecular flexibility index (Phi) is 20.6. The molecule has 9 heteroatoms. The van der Waals surface area contributed by atoms with Gasteiger partial charge in [-0.1, -0.05) is 101 Å². The second-order valence-electron chi connectivity index (χ2n) is 13.6. The van der Waals surface area contributed by atoms with E-state index in [0.29, 0.717) is 24.8 Å². The van der Waals surface area contributed by atoms with Crippen molar-refractivity contribution in [3.8, 4) is 0 Å². The van der Waals surface area contributed by atoms with Gasteiger partial charge in [-0.25, -0.2) is 0 Å². The predicted octanol–water partition coefficient (Wildman–Crippen LogP) is 6.49. The molecule has 0 saturated carbocycles. The number of unbranched alkanes of at least 4 members (excludes halogenated alkanes) is 5. The fraction of sp³-hybridized carbons (Fsp3) is 0.585. The molecule has 0 spiro atoms. The lowest BCUT2D eigenvalue weighted by Crippen LogP contribution is -2.47. The van der Waals surface area contributed by atoms with Gasteiger partial charge in [-0.05, 0) is 82.8 Å². The first kappa shape index (κ1) is 42.3. The minimum atomic E-state index is -1.03. The zero-order chi connectivity index (χ0) is 36.7. The highest BCUT2D eigenvalue weighted by molar-refractivity contribution is 5.99. The number of aryl methyl sites for hydroxylation is 1. The van der Waals surface area contributed by atoms with Crippen LogP contribution in [0.5, 0.6) is 0 Å². The van der Waals surface area contributed by atoms with Crippen LogP contribution in [0, 0.1) is 12.8 Å². The molecular weight excluding hydrogens is 628 g/mol. The van der Waals surface area contributed by atoms with Crippen LogP contribution < -0.4 is 16.4 Å². The van der Waals surface area contributed by atoms with Crippen molar-refractivity contribution in [3.05, 3.63) is 71.3 Å². The topological polar surface area (TPSA) is 139 Å². The number of nitrogens with one attached hydrogen (secondary N) is 2. The number of carbonyl (C=O) groups excluding carboxylic acids is 5. The summed E-state index contributed by atoms with van der Waals surface area (Å²) in [6.45, 7) is 11.3. The molecule has 2 aromatic rings. The van der Waals surface area contributed by atoms with Crippen LogP contribution in [-0.2, 0) is 25.6 Å². The van der Waals surface area contributed by atoms with Crippen molar-refractivity contribution in [2.24, 2.45) is 11.7 Å². The molecular formula is C41H62N4O5. The van der Waals surface area contributed by atoms with E-state index in [-0.39, 0.29) is 43.2 Å². The number of benzene rings is 2. The zero-order valence-electron chi connectivity index (χ0n) is 31.0. The first-order valence-electron chi connectivity index (χ1n) is 18.9. The fourth-order valence-electron chi connectivity index (χ4n) is 6.25. The summed E-state index contributed by atoms with van der Waals surface area (Å²) >= 11 is 0. The molecule has 3 amide bonds. The number of carbonyl (C=O) groups is 5. The van der Waals surface area contributed by atoms with Gasteiger partial charge in [-0.3, -0.25) is 24.0 Å². The Hall–Kier alpha value is -3.85. The normalized spacial score (nSPS) is 13.0. The van der Waals surface area contributed by atoms with E-state index in [2.05, 4.69) is 36.3 Å². The van der Waals surface area contributed by atoms with Gasteiger partial charge in [0.2, 0.25) is 11.8 Å². The van der Waals surface area contributed by atoms with Gasteiger partial charge in [0.25, 0.3) is 5.91 Å². The van der Waals surface area contributed by atoms with Crippen LogP contribution in [0.25, 0.3) is 0 Å². The van der Waals surface area contributed by atoms with Crippen LogP contribution in [0.1, 0.15) is 126 Å². The predicted molar refractivity (Wildman–Crippen MR) is 201 cm³/mol. The molecule has 2 rings (SSSR count). The van der Waals surface area contributed by atoms with Crippen LogP contribution in [0.15, 0.2) is 54.6 Å². The summed E-state index contributed by atoms with van der Waals surface area (Å²) in [5.74, 6) is -2.70. The summed E-state index contributed by atoms with van der Waals surface area (Å²) in [6.07, 6.45) is 9.04. The summed E-state index contributed by atoms with van der Waals surface area (Å²) in [6, 6.07) is 14.7. The van der Waals surface area contributed by atoms with E-state index in [1.807, 2.05) is 37.3 Å². The van der Waals surface area contributed by atoms with Gasteiger partial charge in [0, 0.05) is 24.3 Å². The van der Waals surface area contributed by atoms with E-state index in [9.17, 15) is 24.0 Å². The maximum absolute atomic E-state index is 14.1. The minimum absolute atomic E-state index is 0.112. The number of nitrogens with zero attached hydrogens (tertiary/aromatic N) is 1. The van der Waals surface area contributed by atoms with E-state index in [4.69, 9.17) is 5.73 Å². The van der Waals surface area contributed by atoms with Gasteiger partial charge in [-0.2, -0.15) is 0 Å². The van der Waals surface area contributed by atoms with Crippen LogP contribution in [-0.4, -0.2) is 65.9 Å². The number of Topliss-reactive ketones (excluding diaryl/α,β-unsaturated/α-hetero) is 2. The molecule has 2 aromatic carbocycles. The number of amides is 3. The lowest BCUT2D eigenvalue weighted by Gasteiger charge is -2.25. The van der Waals surface area contributed by atoms with Crippen molar-refractivity contribution in [1.82, 2.24) is 15.5 Å². The Labute approximate surface area is 300 Å². The molecule has 9 nitrogen and oxygen atoms in total. The largest absolute Gasteiger partial charge is 0.370 e. The monoisotopic (exact) mass is 690 g/mol. The number of ketones is 2. The third-order valence-corrected chi connectivity index (χ3v) is 9.10. The molecule has 50 heavy (non-hydrogen) atoms. The van der Waals surface area contributed by atoms with Crippen LogP contribution in [0.4, 0.5) is 0 Å². The molecule has 0 aromatic heterocycles. The van der Waals surface area contributed by atoms with Crippen molar-refractivity contribution < 1.29 is 24.0 Å². The molecule has 0 radical (unpaired) electrons. The Morgan fingerprint density at radius 1 is 0.680 bits per heavy atom. The standard InChI is InChI=1S/C41H62N4O5/c1-5-8-9-10-14-20-37(46)36(30-39(42)48)44-41(50)34(19-15-16-27-45(25-6-2)26-7-3)29-38(47)35(28-32-23-21-31(4)22-24-32)43-40(49)33-17-12-11-13-18-33/h11-13,17-18,21-24,34-36H,5-10,14-16,19-20,25-30H2,1-4H3,(H2,42,48)(H,43,49)(H,44,50)/t34-,35+,36+/m1/s1. The number of rotatable bonds is 27. The average molecular weight is 691 g/mol. The van der Waals surface area contributed by atoms with Crippen LogP contribution >= 0.6 is 0 Å². The minimum Gasteiger partial charge on any atom is -0.370 e. The lowest BCUT2D eigenvalue weighted by atomic mass is 9.89. The molecule has 4 N–H and O–H groups in total. The summed E-state index contributed by atoms with van der Waals surface area (Å²) < 4.78 is 0. The van der Waals surface area contributed by atoms with Crippen molar-refractivity contribution in [2.75, 3.05) is 19.6 Å². The number of hydrogen-bond donors (Lipinski definition) is 3. The van der Waals surface area contributed by atoms with Gasteiger partial charge in [0.05, 0.1) is 18.5 Å². The van der Waals surface area contributed by atoms with E-state index >= 15 is 0 Å².